The standard InChI is InChI=1S/C25H28N4O3/c1-19-17-28(14-15-29(19)25(30)13-12-20-8-4-3-5-9-20)23-16-24(27-18-26-23)32-22-11-7-6-10-21(22)31-2/h3-11,16,18-19H,12-15,17H2,1-2H3. The first-order valence-electron chi connectivity index (χ1n) is 10.9. The molecule has 4 rings (SSSR count). The molecule has 1 fully saturated rings. The van der Waals surface area contributed by atoms with Crippen molar-refractivity contribution in [3.8, 4) is 17.4 Å². The van der Waals surface area contributed by atoms with Crippen molar-refractivity contribution in [2.75, 3.05) is 31.6 Å². The number of hydrogen-bond donors (Lipinski definition) is 0. The zero-order valence-electron chi connectivity index (χ0n) is 18.5. The lowest BCUT2D eigenvalue weighted by molar-refractivity contribution is -0.133. The normalized spacial score (nSPS) is 16.0. The number of anilines is 1. The van der Waals surface area contributed by atoms with Crippen LogP contribution in [0.2, 0.25) is 0 Å². The Morgan fingerprint density at radius 1 is 1.03 bits per heavy atom. The minimum absolute atomic E-state index is 0.0978. The third-order valence-corrected chi connectivity index (χ3v) is 5.65. The van der Waals surface area contributed by atoms with E-state index in [0.717, 1.165) is 12.2 Å². The van der Waals surface area contributed by atoms with Gasteiger partial charge in [-0.2, -0.15) is 0 Å². The lowest BCUT2D eigenvalue weighted by Crippen LogP contribution is -2.54. The van der Waals surface area contributed by atoms with Crippen molar-refractivity contribution in [3.05, 3.63) is 72.6 Å². The molecule has 2 aromatic carbocycles. The Morgan fingerprint density at radius 3 is 2.53 bits per heavy atom. The lowest BCUT2D eigenvalue weighted by atomic mass is 10.1. The molecule has 1 aliphatic rings. The highest BCUT2D eigenvalue weighted by molar-refractivity contribution is 5.77. The number of benzene rings is 2. The van der Waals surface area contributed by atoms with Crippen molar-refractivity contribution >= 4 is 11.7 Å². The van der Waals surface area contributed by atoms with Gasteiger partial charge >= 0.3 is 0 Å². The van der Waals surface area contributed by atoms with E-state index < -0.39 is 0 Å². The van der Waals surface area contributed by atoms with Gasteiger partial charge in [0.2, 0.25) is 11.8 Å². The highest BCUT2D eigenvalue weighted by atomic mass is 16.5. The third kappa shape index (κ3) is 5.17. The second-order valence-corrected chi connectivity index (χ2v) is 7.84. The summed E-state index contributed by atoms with van der Waals surface area (Å²) in [6, 6.07) is 19.5. The molecule has 1 aliphatic heterocycles. The number of para-hydroxylation sites is 2. The number of aryl methyl sites for hydroxylation is 1. The van der Waals surface area contributed by atoms with E-state index in [-0.39, 0.29) is 11.9 Å². The maximum absolute atomic E-state index is 12.8. The molecule has 0 bridgehead atoms. The Hall–Kier alpha value is -3.61. The van der Waals surface area contributed by atoms with Gasteiger partial charge in [-0.15, -0.1) is 0 Å². The van der Waals surface area contributed by atoms with Gasteiger partial charge in [-0.05, 0) is 31.0 Å². The van der Waals surface area contributed by atoms with Crippen molar-refractivity contribution < 1.29 is 14.3 Å². The van der Waals surface area contributed by atoms with E-state index in [1.54, 1.807) is 7.11 Å². The largest absolute Gasteiger partial charge is 0.493 e. The van der Waals surface area contributed by atoms with E-state index in [0.29, 0.717) is 43.4 Å². The summed E-state index contributed by atoms with van der Waals surface area (Å²) in [6.45, 7) is 4.18. The van der Waals surface area contributed by atoms with Crippen LogP contribution < -0.4 is 14.4 Å². The topological polar surface area (TPSA) is 67.8 Å². The number of nitrogens with zero attached hydrogens (tertiary/aromatic N) is 4. The Kier molecular flexibility index (Phi) is 6.84. The zero-order valence-corrected chi connectivity index (χ0v) is 18.5. The van der Waals surface area contributed by atoms with Gasteiger partial charge in [0.25, 0.3) is 0 Å². The minimum atomic E-state index is 0.0978. The maximum Gasteiger partial charge on any atom is 0.224 e. The van der Waals surface area contributed by atoms with E-state index in [1.807, 2.05) is 53.4 Å². The zero-order chi connectivity index (χ0) is 22.3. The van der Waals surface area contributed by atoms with Crippen molar-refractivity contribution in [2.45, 2.75) is 25.8 Å². The SMILES string of the molecule is COc1ccccc1Oc1cc(N2CCN(C(=O)CCc3ccccc3)C(C)C2)ncn1. The second-order valence-electron chi connectivity index (χ2n) is 7.84. The number of piperazine rings is 1. The predicted octanol–water partition coefficient (Wildman–Crippen LogP) is 3.95. The summed E-state index contributed by atoms with van der Waals surface area (Å²) in [5, 5.41) is 0. The summed E-state index contributed by atoms with van der Waals surface area (Å²) in [5.41, 5.74) is 1.19. The fourth-order valence-corrected chi connectivity index (χ4v) is 3.95. The first kappa shape index (κ1) is 21.6. The average Bonchev–Trinajstić information content (AvgIpc) is 2.83. The van der Waals surface area contributed by atoms with Crippen molar-refractivity contribution in [3.63, 3.8) is 0 Å². The number of ether oxygens (including phenoxy) is 2. The van der Waals surface area contributed by atoms with Gasteiger partial charge in [0, 0.05) is 38.2 Å². The molecule has 3 aromatic rings. The molecule has 7 heteroatoms. The van der Waals surface area contributed by atoms with Crippen LogP contribution in [0.1, 0.15) is 18.9 Å². The molecule has 1 amide bonds. The summed E-state index contributed by atoms with van der Waals surface area (Å²) in [6.07, 6.45) is 2.79. The summed E-state index contributed by atoms with van der Waals surface area (Å²) in [5.74, 6) is 2.68. The van der Waals surface area contributed by atoms with Crippen LogP contribution in [-0.2, 0) is 11.2 Å². The molecule has 1 unspecified atom stereocenters. The van der Waals surface area contributed by atoms with Crippen molar-refractivity contribution in [1.29, 1.82) is 0 Å². The molecule has 166 valence electrons. The Morgan fingerprint density at radius 2 is 1.78 bits per heavy atom. The molecule has 7 nitrogen and oxygen atoms in total. The number of rotatable bonds is 7. The molecular formula is C25H28N4O3. The monoisotopic (exact) mass is 432 g/mol. The molecular weight excluding hydrogens is 404 g/mol. The lowest BCUT2D eigenvalue weighted by Gasteiger charge is -2.40. The maximum atomic E-state index is 12.8. The van der Waals surface area contributed by atoms with Crippen LogP contribution in [-0.4, -0.2) is 53.6 Å². The van der Waals surface area contributed by atoms with Gasteiger partial charge in [-0.1, -0.05) is 42.5 Å². The average molecular weight is 433 g/mol. The molecule has 0 saturated carbocycles. The van der Waals surface area contributed by atoms with Gasteiger partial charge in [0.1, 0.15) is 12.1 Å². The summed E-state index contributed by atoms with van der Waals surface area (Å²) < 4.78 is 11.3. The van der Waals surface area contributed by atoms with E-state index in [9.17, 15) is 4.79 Å². The molecule has 0 aliphatic carbocycles. The number of carbonyl (C=O) groups excluding carboxylic acids is 1. The number of hydrogen-bond acceptors (Lipinski definition) is 6. The Bertz CT molecular complexity index is 1040. The summed E-state index contributed by atoms with van der Waals surface area (Å²) in [7, 11) is 1.61. The van der Waals surface area contributed by atoms with Gasteiger partial charge in [0.05, 0.1) is 7.11 Å². The molecule has 0 radical (unpaired) electrons. The summed E-state index contributed by atoms with van der Waals surface area (Å²) >= 11 is 0. The fourth-order valence-electron chi connectivity index (χ4n) is 3.95. The molecule has 32 heavy (non-hydrogen) atoms. The van der Waals surface area contributed by atoms with Crippen LogP contribution in [0, 0.1) is 0 Å². The first-order valence-corrected chi connectivity index (χ1v) is 10.9. The second kappa shape index (κ2) is 10.1. The van der Waals surface area contributed by atoms with Crippen LogP contribution >= 0.6 is 0 Å². The third-order valence-electron chi connectivity index (χ3n) is 5.65. The van der Waals surface area contributed by atoms with Crippen molar-refractivity contribution in [2.24, 2.45) is 0 Å². The minimum Gasteiger partial charge on any atom is -0.493 e. The van der Waals surface area contributed by atoms with Crippen LogP contribution in [0.15, 0.2) is 67.0 Å². The molecule has 1 aromatic heterocycles. The quantitative estimate of drug-likeness (QED) is 0.563. The number of aromatic nitrogens is 2. The van der Waals surface area contributed by atoms with Gasteiger partial charge in [-0.25, -0.2) is 9.97 Å². The molecule has 1 saturated heterocycles. The smallest absolute Gasteiger partial charge is 0.224 e. The van der Waals surface area contributed by atoms with E-state index in [1.165, 1.54) is 11.9 Å². The number of methoxy groups -OCH3 is 1. The molecule has 2 heterocycles. The van der Waals surface area contributed by atoms with Gasteiger partial charge in [0.15, 0.2) is 11.5 Å². The first-order chi connectivity index (χ1) is 15.6. The van der Waals surface area contributed by atoms with E-state index >= 15 is 0 Å². The molecule has 0 spiro atoms. The van der Waals surface area contributed by atoms with E-state index in [4.69, 9.17) is 9.47 Å². The number of carbonyl (C=O) groups is 1. The van der Waals surface area contributed by atoms with Crippen LogP contribution in [0.3, 0.4) is 0 Å². The van der Waals surface area contributed by atoms with Crippen LogP contribution in [0.4, 0.5) is 5.82 Å². The molecule has 0 N–H and O–H groups in total. The van der Waals surface area contributed by atoms with Gasteiger partial charge in [-0.3, -0.25) is 4.79 Å². The van der Waals surface area contributed by atoms with E-state index in [2.05, 4.69) is 33.9 Å². The fraction of sp³-hybridized carbons (Fsp3) is 0.320. The Balaban J connectivity index is 1.37. The number of amides is 1. The highest BCUT2D eigenvalue weighted by Crippen LogP contribution is 2.31. The van der Waals surface area contributed by atoms with Gasteiger partial charge < -0.3 is 19.3 Å². The Labute approximate surface area is 188 Å². The predicted molar refractivity (Wildman–Crippen MR) is 123 cm³/mol. The van der Waals surface area contributed by atoms with Crippen LogP contribution in [0.25, 0.3) is 0 Å². The van der Waals surface area contributed by atoms with Crippen molar-refractivity contribution in [1.82, 2.24) is 14.9 Å². The highest BCUT2D eigenvalue weighted by Gasteiger charge is 2.28. The van der Waals surface area contributed by atoms with Crippen LogP contribution in [0.5, 0.6) is 17.4 Å². The summed E-state index contributed by atoms with van der Waals surface area (Å²) in [4.78, 5) is 25.6. The molecule has 1 atom stereocenters.